The Bertz CT molecular complexity index is 1610. The summed E-state index contributed by atoms with van der Waals surface area (Å²) in [6, 6.07) is 15.3. The quantitative estimate of drug-likeness (QED) is 0.391. The molecule has 10 nitrogen and oxygen atoms in total. The Morgan fingerprint density at radius 1 is 0.925 bits per heavy atom. The Labute approximate surface area is 243 Å². The average Bonchev–Trinajstić information content (AvgIpc) is 2.91. The summed E-state index contributed by atoms with van der Waals surface area (Å²) in [6.45, 7) is 1.12. The molecule has 1 aliphatic heterocycles. The minimum absolute atomic E-state index is 0.0371. The molecule has 3 aromatic carbocycles. The van der Waals surface area contributed by atoms with Gasteiger partial charge in [0, 0.05) is 54.6 Å². The fourth-order valence-corrected chi connectivity index (χ4v) is 6.74. The third-order valence-corrected chi connectivity index (χ3v) is 10.1. The van der Waals surface area contributed by atoms with E-state index >= 15 is 0 Å². The summed E-state index contributed by atoms with van der Waals surface area (Å²) in [4.78, 5) is 15.2. The molecule has 4 rings (SSSR count). The van der Waals surface area contributed by atoms with Gasteiger partial charge in [-0.2, -0.15) is 4.31 Å². The largest absolute Gasteiger partial charge is 0.392 e. The first-order valence-corrected chi connectivity index (χ1v) is 16.1. The summed E-state index contributed by atoms with van der Waals surface area (Å²) in [5.41, 5.74) is 1.74. The van der Waals surface area contributed by atoms with Gasteiger partial charge in [-0.3, -0.25) is 9.10 Å². The van der Waals surface area contributed by atoms with Crippen molar-refractivity contribution in [2.45, 2.75) is 11.5 Å². The van der Waals surface area contributed by atoms with E-state index in [0.717, 1.165) is 16.2 Å². The second kappa shape index (κ2) is 11.9. The van der Waals surface area contributed by atoms with Crippen molar-refractivity contribution in [1.82, 2.24) is 4.31 Å². The Kier molecular flexibility index (Phi) is 8.98. The first-order valence-electron chi connectivity index (χ1n) is 12.1. The number of aliphatic hydroxyl groups excluding tert-OH is 1. The molecule has 1 fully saturated rings. The van der Waals surface area contributed by atoms with Crippen molar-refractivity contribution in [1.29, 1.82) is 0 Å². The normalized spacial score (nSPS) is 14.7. The number of hydrogen-bond donors (Lipinski definition) is 2. The van der Waals surface area contributed by atoms with Crippen LogP contribution in [0.25, 0.3) is 0 Å². The SMILES string of the molecule is CN(c1ccc(CO)cc1C(=O)Nc1ccc(S(=O)(=O)N2CCN(c3cc(Cl)cc(Cl)c3)CC2)cc1)S(C)(=O)=O. The number of sulfonamides is 2. The maximum atomic E-state index is 13.3. The molecule has 0 aromatic heterocycles. The Hall–Kier alpha value is -2.87. The first-order chi connectivity index (χ1) is 18.8. The van der Waals surface area contributed by atoms with Crippen LogP contribution in [0.15, 0.2) is 65.6 Å². The summed E-state index contributed by atoms with van der Waals surface area (Å²) >= 11 is 12.2. The smallest absolute Gasteiger partial charge is 0.257 e. The van der Waals surface area contributed by atoms with Gasteiger partial charge in [-0.15, -0.1) is 0 Å². The molecule has 214 valence electrons. The number of carbonyl (C=O) groups excluding carboxylic acids is 1. The van der Waals surface area contributed by atoms with Gasteiger partial charge < -0.3 is 15.3 Å². The molecule has 0 saturated carbocycles. The van der Waals surface area contributed by atoms with E-state index in [1.54, 1.807) is 18.2 Å². The highest BCUT2D eigenvalue weighted by Crippen LogP contribution is 2.28. The average molecular weight is 628 g/mol. The zero-order valence-electron chi connectivity index (χ0n) is 21.7. The predicted octanol–water partition coefficient (Wildman–Crippen LogP) is 3.64. The zero-order chi connectivity index (χ0) is 29.2. The molecule has 0 bridgehead atoms. The summed E-state index contributed by atoms with van der Waals surface area (Å²) in [5.74, 6) is -0.617. The summed E-state index contributed by atoms with van der Waals surface area (Å²) < 4.78 is 53.0. The van der Waals surface area contributed by atoms with Gasteiger partial charge in [-0.25, -0.2) is 16.8 Å². The Balaban J connectivity index is 1.47. The van der Waals surface area contributed by atoms with Gasteiger partial charge in [0.05, 0.1) is 29.0 Å². The van der Waals surface area contributed by atoms with E-state index in [0.29, 0.717) is 34.4 Å². The highest BCUT2D eigenvalue weighted by molar-refractivity contribution is 7.92. The summed E-state index contributed by atoms with van der Waals surface area (Å²) in [6.07, 6.45) is 1.01. The number of piperazine rings is 1. The van der Waals surface area contributed by atoms with Gasteiger partial charge in [-0.05, 0) is 60.2 Å². The maximum Gasteiger partial charge on any atom is 0.257 e. The molecule has 14 heteroatoms. The lowest BCUT2D eigenvalue weighted by Gasteiger charge is -2.35. The Morgan fingerprint density at radius 3 is 2.08 bits per heavy atom. The zero-order valence-corrected chi connectivity index (χ0v) is 24.9. The number of anilines is 3. The lowest BCUT2D eigenvalue weighted by Crippen LogP contribution is -2.48. The van der Waals surface area contributed by atoms with Crippen LogP contribution in [0.5, 0.6) is 0 Å². The molecule has 0 aliphatic carbocycles. The molecule has 1 saturated heterocycles. The maximum absolute atomic E-state index is 13.3. The van der Waals surface area contributed by atoms with Crippen molar-refractivity contribution in [2.75, 3.05) is 54.0 Å². The molecule has 1 heterocycles. The standard InChI is InChI=1S/C26H28Cl2N4O6S2/c1-30(39(2,35)36)25-8-3-18(17-33)13-24(25)26(34)29-21-4-6-23(7-5-21)40(37,38)32-11-9-31(10-12-32)22-15-19(27)14-20(28)16-22/h3-8,13-16,33H,9-12,17H2,1-2H3,(H,29,34). The van der Waals surface area contributed by atoms with Gasteiger partial charge >= 0.3 is 0 Å². The molecule has 1 aliphatic rings. The summed E-state index contributed by atoms with van der Waals surface area (Å²) in [5, 5.41) is 13.2. The van der Waals surface area contributed by atoms with E-state index in [1.165, 1.54) is 53.8 Å². The number of halogens is 2. The van der Waals surface area contributed by atoms with Gasteiger partial charge in [0.15, 0.2) is 0 Å². The highest BCUT2D eigenvalue weighted by atomic mass is 35.5. The third kappa shape index (κ3) is 6.70. The number of amides is 1. The van der Waals surface area contributed by atoms with Gasteiger partial charge in [0.1, 0.15) is 0 Å². The molecule has 40 heavy (non-hydrogen) atoms. The van der Waals surface area contributed by atoms with Crippen molar-refractivity contribution < 1.29 is 26.7 Å². The van der Waals surface area contributed by atoms with Crippen LogP contribution in [-0.2, 0) is 26.7 Å². The molecule has 0 spiro atoms. The van der Waals surface area contributed by atoms with Crippen LogP contribution < -0.4 is 14.5 Å². The van der Waals surface area contributed by atoms with Gasteiger partial charge in [0.25, 0.3) is 5.91 Å². The van der Waals surface area contributed by atoms with E-state index in [-0.39, 0.29) is 35.8 Å². The Morgan fingerprint density at radius 2 is 1.52 bits per heavy atom. The molecule has 1 amide bonds. The summed E-state index contributed by atoms with van der Waals surface area (Å²) in [7, 11) is -6.12. The van der Waals surface area contributed by atoms with Crippen molar-refractivity contribution in [3.8, 4) is 0 Å². The topological polar surface area (TPSA) is 127 Å². The molecular formula is C26H28Cl2N4O6S2. The minimum Gasteiger partial charge on any atom is -0.392 e. The van der Waals surface area contributed by atoms with Crippen LogP contribution in [0.2, 0.25) is 10.0 Å². The van der Waals surface area contributed by atoms with Crippen LogP contribution in [-0.4, -0.2) is 71.6 Å². The van der Waals surface area contributed by atoms with E-state index in [4.69, 9.17) is 23.2 Å². The fourth-order valence-electron chi connectivity index (χ4n) is 4.28. The van der Waals surface area contributed by atoms with Gasteiger partial charge in [0.2, 0.25) is 20.0 Å². The van der Waals surface area contributed by atoms with E-state index in [2.05, 4.69) is 5.32 Å². The van der Waals surface area contributed by atoms with Crippen LogP contribution in [0.1, 0.15) is 15.9 Å². The van der Waals surface area contributed by atoms with Crippen LogP contribution in [0, 0.1) is 0 Å². The predicted molar refractivity (Wildman–Crippen MR) is 157 cm³/mol. The highest BCUT2D eigenvalue weighted by Gasteiger charge is 2.29. The minimum atomic E-state index is -3.78. The van der Waals surface area contributed by atoms with Gasteiger partial charge in [-0.1, -0.05) is 29.3 Å². The lowest BCUT2D eigenvalue weighted by molar-refractivity contribution is 0.102. The number of carbonyl (C=O) groups is 1. The molecule has 0 radical (unpaired) electrons. The van der Waals surface area contributed by atoms with E-state index in [1.807, 2.05) is 4.90 Å². The van der Waals surface area contributed by atoms with Crippen LogP contribution >= 0.6 is 23.2 Å². The number of hydrogen-bond acceptors (Lipinski definition) is 7. The number of rotatable bonds is 8. The van der Waals surface area contributed by atoms with E-state index < -0.39 is 26.0 Å². The van der Waals surface area contributed by atoms with Crippen LogP contribution in [0.3, 0.4) is 0 Å². The molecule has 2 N–H and O–H groups in total. The van der Waals surface area contributed by atoms with E-state index in [9.17, 15) is 26.7 Å². The lowest BCUT2D eigenvalue weighted by atomic mass is 10.1. The number of benzene rings is 3. The first kappa shape index (κ1) is 30.1. The third-order valence-electron chi connectivity index (χ3n) is 6.53. The number of nitrogens with zero attached hydrogens (tertiary/aromatic N) is 3. The van der Waals surface area contributed by atoms with Crippen molar-refractivity contribution in [3.05, 3.63) is 81.8 Å². The van der Waals surface area contributed by atoms with Crippen molar-refractivity contribution in [2.24, 2.45) is 0 Å². The van der Waals surface area contributed by atoms with Crippen molar-refractivity contribution in [3.63, 3.8) is 0 Å². The molecule has 0 atom stereocenters. The molecule has 0 unspecified atom stereocenters. The van der Waals surface area contributed by atoms with Crippen LogP contribution in [0.4, 0.5) is 17.1 Å². The monoisotopic (exact) mass is 626 g/mol. The molecule has 3 aromatic rings. The second-order valence-electron chi connectivity index (χ2n) is 9.24. The second-order valence-corrected chi connectivity index (χ2v) is 14.1. The number of aliphatic hydroxyl groups is 1. The number of nitrogens with one attached hydrogen (secondary N) is 1. The molecular weight excluding hydrogens is 599 g/mol. The van der Waals surface area contributed by atoms with Crippen molar-refractivity contribution >= 4 is 66.2 Å². The fraction of sp³-hybridized carbons (Fsp3) is 0.269.